The van der Waals surface area contributed by atoms with Crippen LogP contribution < -0.4 is 10.6 Å². The normalized spacial score (nSPS) is 29.2. The zero-order chi connectivity index (χ0) is 19.5. The molecule has 2 saturated carbocycles. The maximum Gasteiger partial charge on any atom is 0.251 e. The molecule has 2 fully saturated rings. The van der Waals surface area contributed by atoms with Crippen LogP contribution in [0.3, 0.4) is 0 Å². The molecule has 0 radical (unpaired) electrons. The van der Waals surface area contributed by atoms with Gasteiger partial charge in [-0.15, -0.1) is 0 Å². The van der Waals surface area contributed by atoms with Crippen molar-refractivity contribution in [2.45, 2.75) is 56.7 Å². The molecule has 29 heavy (non-hydrogen) atoms. The van der Waals surface area contributed by atoms with E-state index in [9.17, 15) is 9.59 Å². The van der Waals surface area contributed by atoms with E-state index in [0.29, 0.717) is 12.1 Å². The Morgan fingerprint density at radius 1 is 1.10 bits per heavy atom. The van der Waals surface area contributed by atoms with E-state index in [1.165, 1.54) is 0 Å². The predicted octanol–water partition coefficient (Wildman–Crippen LogP) is 3.01. The largest absolute Gasteiger partial charge is 0.464 e. The Balaban J connectivity index is 1.59. The molecule has 3 heterocycles. The van der Waals surface area contributed by atoms with Crippen LogP contribution in [-0.4, -0.2) is 35.3 Å². The lowest BCUT2D eigenvalue weighted by Crippen LogP contribution is -2.54. The van der Waals surface area contributed by atoms with E-state index in [1.54, 1.807) is 6.26 Å². The molecular formula is C23H25N3O3. The van der Waals surface area contributed by atoms with E-state index < -0.39 is 6.04 Å². The monoisotopic (exact) mass is 391 g/mol. The molecule has 6 heteroatoms. The molecule has 0 bridgehead atoms. The van der Waals surface area contributed by atoms with E-state index in [2.05, 4.69) is 15.5 Å². The van der Waals surface area contributed by atoms with Crippen LogP contribution in [0.2, 0.25) is 0 Å². The van der Waals surface area contributed by atoms with E-state index >= 15 is 0 Å². The summed E-state index contributed by atoms with van der Waals surface area (Å²) in [7, 11) is 0. The number of amides is 2. The molecule has 0 spiro atoms. The maximum atomic E-state index is 13.6. The molecule has 6 rings (SSSR count). The van der Waals surface area contributed by atoms with E-state index in [4.69, 9.17) is 4.42 Å². The van der Waals surface area contributed by atoms with Crippen LogP contribution in [0.5, 0.6) is 0 Å². The van der Waals surface area contributed by atoms with Crippen molar-refractivity contribution in [1.82, 2.24) is 15.5 Å². The summed E-state index contributed by atoms with van der Waals surface area (Å²) in [5.74, 6) is 0.224. The summed E-state index contributed by atoms with van der Waals surface area (Å²) in [6.07, 6.45) is 7.87. The molecule has 2 aliphatic heterocycles. The Hall–Kier alpha value is -2.76. The van der Waals surface area contributed by atoms with Gasteiger partial charge >= 0.3 is 0 Å². The molecule has 6 nitrogen and oxygen atoms in total. The first kappa shape index (κ1) is 17.1. The Morgan fingerprint density at radius 3 is 2.83 bits per heavy atom. The minimum absolute atomic E-state index is 0.0756. The van der Waals surface area contributed by atoms with Gasteiger partial charge in [0.25, 0.3) is 5.91 Å². The van der Waals surface area contributed by atoms with Gasteiger partial charge in [0.15, 0.2) is 0 Å². The molecule has 4 aliphatic rings. The van der Waals surface area contributed by atoms with E-state index in [1.807, 2.05) is 24.3 Å². The van der Waals surface area contributed by atoms with Gasteiger partial charge in [-0.2, -0.15) is 0 Å². The molecule has 1 aromatic carbocycles. The average molecular weight is 391 g/mol. The molecule has 2 amide bonds. The van der Waals surface area contributed by atoms with Crippen molar-refractivity contribution in [3.8, 4) is 0 Å². The second-order valence-corrected chi connectivity index (χ2v) is 8.79. The van der Waals surface area contributed by atoms with Crippen molar-refractivity contribution in [3.63, 3.8) is 0 Å². The number of furan rings is 1. The number of nitrogens with zero attached hydrogens (tertiary/aromatic N) is 1. The Kier molecular flexibility index (Phi) is 3.76. The minimum Gasteiger partial charge on any atom is -0.464 e. The summed E-state index contributed by atoms with van der Waals surface area (Å²) in [6, 6.07) is 7.86. The third-order valence-corrected chi connectivity index (χ3v) is 6.98. The molecular weight excluding hydrogens is 366 g/mol. The molecule has 150 valence electrons. The van der Waals surface area contributed by atoms with Gasteiger partial charge in [-0.25, -0.2) is 0 Å². The fraction of sp³-hybridized carbons (Fsp3) is 0.478. The smallest absolute Gasteiger partial charge is 0.251 e. The number of nitrogens with one attached hydrogen (secondary N) is 2. The number of carbonyl (C=O) groups excluding carboxylic acids is 2. The predicted molar refractivity (Wildman–Crippen MR) is 108 cm³/mol. The molecule has 2 aliphatic carbocycles. The van der Waals surface area contributed by atoms with Crippen LogP contribution in [0.4, 0.5) is 0 Å². The highest BCUT2D eigenvalue weighted by molar-refractivity contribution is 6.00. The number of para-hydroxylation sites is 1. The van der Waals surface area contributed by atoms with Gasteiger partial charge in [-0.3, -0.25) is 9.59 Å². The van der Waals surface area contributed by atoms with Crippen LogP contribution in [0.25, 0.3) is 11.0 Å². The van der Waals surface area contributed by atoms with Crippen LogP contribution >= 0.6 is 0 Å². The first-order valence-electron chi connectivity index (χ1n) is 10.8. The highest BCUT2D eigenvalue weighted by Crippen LogP contribution is 2.45. The summed E-state index contributed by atoms with van der Waals surface area (Å²) in [4.78, 5) is 28.7. The zero-order valence-electron chi connectivity index (χ0n) is 16.3. The van der Waals surface area contributed by atoms with Gasteiger partial charge in [0.05, 0.1) is 30.5 Å². The van der Waals surface area contributed by atoms with Crippen LogP contribution in [0.15, 0.2) is 46.2 Å². The fourth-order valence-electron chi connectivity index (χ4n) is 5.45. The number of hydrogen-bond acceptors (Lipinski definition) is 4. The molecule has 3 atom stereocenters. The quantitative estimate of drug-likeness (QED) is 0.825. The second kappa shape index (κ2) is 6.37. The molecule has 1 aromatic heterocycles. The SMILES string of the molecule is O=C1NCC2=C1[C@@H](c1cccc3ccoc13)N(C(=O)C1CC1)[C@@H]1CCCC[C@H]1N2. The highest BCUT2D eigenvalue weighted by atomic mass is 16.3. The van der Waals surface area contributed by atoms with Gasteiger partial charge in [0, 0.05) is 28.6 Å². The molecule has 0 unspecified atom stereocenters. The van der Waals surface area contributed by atoms with Crippen LogP contribution in [0, 0.1) is 5.92 Å². The van der Waals surface area contributed by atoms with Crippen molar-refractivity contribution in [1.29, 1.82) is 0 Å². The summed E-state index contributed by atoms with van der Waals surface area (Å²) < 4.78 is 5.85. The molecule has 2 N–H and O–H groups in total. The number of carbonyl (C=O) groups is 2. The standard InChI is InChI=1S/C23H25N3O3/c27-22-19-17(12-24-22)25-16-6-1-2-7-18(16)26(23(28)14-8-9-14)20(19)15-5-3-4-13-10-11-29-21(13)15/h3-5,10-11,14,16,18,20,25H,1-2,6-9,12H2,(H,24,27)/t16-,18-,20-/m1/s1. The number of fused-ring (bicyclic) bond motifs is 2. The van der Waals surface area contributed by atoms with Crippen molar-refractivity contribution in [2.24, 2.45) is 5.92 Å². The Morgan fingerprint density at radius 2 is 1.97 bits per heavy atom. The second-order valence-electron chi connectivity index (χ2n) is 8.79. The Bertz CT molecular complexity index is 1030. The summed E-state index contributed by atoms with van der Waals surface area (Å²) in [5.41, 5.74) is 3.33. The summed E-state index contributed by atoms with van der Waals surface area (Å²) in [6.45, 7) is 0.507. The third-order valence-electron chi connectivity index (χ3n) is 6.98. The number of rotatable bonds is 2. The first-order chi connectivity index (χ1) is 14.2. The topological polar surface area (TPSA) is 74.6 Å². The van der Waals surface area contributed by atoms with Crippen molar-refractivity contribution in [3.05, 3.63) is 47.4 Å². The fourth-order valence-corrected chi connectivity index (χ4v) is 5.45. The lowest BCUT2D eigenvalue weighted by molar-refractivity contribution is -0.138. The summed E-state index contributed by atoms with van der Waals surface area (Å²) in [5, 5.41) is 7.65. The van der Waals surface area contributed by atoms with Gasteiger partial charge in [-0.1, -0.05) is 31.0 Å². The average Bonchev–Trinajstić information content (AvgIpc) is 3.41. The molecule has 0 saturated heterocycles. The Labute approximate surface area is 169 Å². The minimum atomic E-state index is -0.406. The summed E-state index contributed by atoms with van der Waals surface area (Å²) >= 11 is 0. The van der Waals surface area contributed by atoms with Gasteiger partial charge < -0.3 is 20.0 Å². The lowest BCUT2D eigenvalue weighted by Gasteiger charge is -2.42. The zero-order valence-corrected chi connectivity index (χ0v) is 16.3. The van der Waals surface area contributed by atoms with Crippen molar-refractivity contribution >= 4 is 22.8 Å². The highest BCUT2D eigenvalue weighted by Gasteiger charge is 2.49. The molecule has 2 aromatic rings. The number of hydrogen-bond donors (Lipinski definition) is 2. The van der Waals surface area contributed by atoms with E-state index in [0.717, 1.165) is 60.8 Å². The van der Waals surface area contributed by atoms with Crippen LogP contribution in [-0.2, 0) is 9.59 Å². The third kappa shape index (κ3) is 2.61. The first-order valence-corrected chi connectivity index (χ1v) is 10.8. The van der Waals surface area contributed by atoms with Crippen LogP contribution in [0.1, 0.15) is 50.1 Å². The lowest BCUT2D eigenvalue weighted by atomic mass is 9.86. The van der Waals surface area contributed by atoms with E-state index in [-0.39, 0.29) is 29.8 Å². The maximum absolute atomic E-state index is 13.6. The van der Waals surface area contributed by atoms with Crippen molar-refractivity contribution < 1.29 is 14.0 Å². The number of benzene rings is 1. The van der Waals surface area contributed by atoms with Gasteiger partial charge in [-0.05, 0) is 31.7 Å². The van der Waals surface area contributed by atoms with Gasteiger partial charge in [0.1, 0.15) is 5.58 Å². The van der Waals surface area contributed by atoms with Crippen molar-refractivity contribution in [2.75, 3.05) is 6.54 Å². The van der Waals surface area contributed by atoms with Gasteiger partial charge in [0.2, 0.25) is 5.91 Å².